The van der Waals surface area contributed by atoms with Crippen molar-refractivity contribution in [1.29, 1.82) is 0 Å². The highest BCUT2D eigenvalue weighted by Crippen LogP contribution is 2.17. The van der Waals surface area contributed by atoms with Crippen LogP contribution in [0.5, 0.6) is 0 Å². The highest BCUT2D eigenvalue weighted by atomic mass is 32.2. The van der Waals surface area contributed by atoms with Gasteiger partial charge < -0.3 is 10.2 Å². The normalized spacial score (nSPS) is 19.9. The SMILES string of the molecule is Cc1ccc(C(=O)N2CCN[C@@H](C)C2)cc1S(N)(=O)=O. The average molecular weight is 297 g/mol. The molecule has 0 spiro atoms. The number of aryl methyl sites for hydroxylation is 1. The fourth-order valence-electron chi connectivity index (χ4n) is 2.34. The lowest BCUT2D eigenvalue weighted by atomic mass is 10.1. The van der Waals surface area contributed by atoms with E-state index in [1.165, 1.54) is 6.07 Å². The summed E-state index contributed by atoms with van der Waals surface area (Å²) in [6.07, 6.45) is 0. The molecule has 0 aromatic heterocycles. The van der Waals surface area contributed by atoms with E-state index in [0.717, 1.165) is 6.54 Å². The van der Waals surface area contributed by atoms with Gasteiger partial charge in [0.15, 0.2) is 0 Å². The van der Waals surface area contributed by atoms with Gasteiger partial charge in [-0.3, -0.25) is 4.79 Å². The predicted molar refractivity (Wildman–Crippen MR) is 75.9 cm³/mol. The summed E-state index contributed by atoms with van der Waals surface area (Å²) < 4.78 is 23.0. The van der Waals surface area contributed by atoms with Crippen LogP contribution in [0.4, 0.5) is 0 Å². The van der Waals surface area contributed by atoms with Crippen LogP contribution in [0.2, 0.25) is 0 Å². The minimum atomic E-state index is -3.81. The fourth-order valence-corrected chi connectivity index (χ4v) is 3.15. The van der Waals surface area contributed by atoms with Crippen LogP contribution in [0.25, 0.3) is 0 Å². The van der Waals surface area contributed by atoms with E-state index in [4.69, 9.17) is 5.14 Å². The van der Waals surface area contributed by atoms with E-state index >= 15 is 0 Å². The summed E-state index contributed by atoms with van der Waals surface area (Å²) >= 11 is 0. The van der Waals surface area contributed by atoms with Gasteiger partial charge in [0.25, 0.3) is 5.91 Å². The summed E-state index contributed by atoms with van der Waals surface area (Å²) in [4.78, 5) is 14.1. The van der Waals surface area contributed by atoms with Crippen LogP contribution in [-0.2, 0) is 10.0 Å². The zero-order valence-corrected chi connectivity index (χ0v) is 12.4. The van der Waals surface area contributed by atoms with Gasteiger partial charge in [-0.1, -0.05) is 6.07 Å². The van der Waals surface area contributed by atoms with Crippen molar-refractivity contribution in [1.82, 2.24) is 10.2 Å². The maximum atomic E-state index is 12.4. The average Bonchev–Trinajstić information content (AvgIpc) is 2.37. The van der Waals surface area contributed by atoms with Gasteiger partial charge in [-0.2, -0.15) is 0 Å². The van der Waals surface area contributed by atoms with Crippen molar-refractivity contribution in [2.75, 3.05) is 19.6 Å². The smallest absolute Gasteiger partial charge is 0.253 e. The van der Waals surface area contributed by atoms with Gasteiger partial charge in [0.2, 0.25) is 10.0 Å². The number of benzene rings is 1. The summed E-state index contributed by atoms with van der Waals surface area (Å²) in [6.45, 7) is 5.62. The van der Waals surface area contributed by atoms with Gasteiger partial charge >= 0.3 is 0 Å². The van der Waals surface area contributed by atoms with E-state index in [0.29, 0.717) is 24.2 Å². The lowest BCUT2D eigenvalue weighted by Crippen LogP contribution is -2.51. The van der Waals surface area contributed by atoms with Gasteiger partial charge in [-0.25, -0.2) is 13.6 Å². The van der Waals surface area contributed by atoms with Crippen LogP contribution in [-0.4, -0.2) is 44.9 Å². The third-order valence-corrected chi connectivity index (χ3v) is 4.45. The first-order chi connectivity index (χ1) is 9.29. The van der Waals surface area contributed by atoms with Crippen molar-refractivity contribution in [3.63, 3.8) is 0 Å². The third kappa shape index (κ3) is 3.17. The maximum Gasteiger partial charge on any atom is 0.253 e. The molecule has 6 nitrogen and oxygen atoms in total. The number of piperazine rings is 1. The number of rotatable bonds is 2. The van der Waals surface area contributed by atoms with Crippen LogP contribution >= 0.6 is 0 Å². The largest absolute Gasteiger partial charge is 0.336 e. The molecule has 1 heterocycles. The zero-order chi connectivity index (χ0) is 14.9. The lowest BCUT2D eigenvalue weighted by Gasteiger charge is -2.32. The Hall–Kier alpha value is -1.44. The van der Waals surface area contributed by atoms with Gasteiger partial charge in [0.05, 0.1) is 4.90 Å². The predicted octanol–water partition coefficient (Wildman–Crippen LogP) is 0.0763. The van der Waals surface area contributed by atoms with E-state index in [1.807, 2.05) is 6.92 Å². The molecule has 110 valence electrons. The standard InChI is InChI=1S/C13H19N3O3S/c1-9-3-4-11(7-12(9)20(14,18)19)13(17)16-6-5-15-10(2)8-16/h3-4,7,10,15H,5-6,8H2,1-2H3,(H2,14,18,19)/t10-/m0/s1. The molecule has 20 heavy (non-hydrogen) atoms. The Morgan fingerprint density at radius 1 is 1.45 bits per heavy atom. The first-order valence-electron chi connectivity index (χ1n) is 6.45. The molecule has 1 aromatic carbocycles. The van der Waals surface area contributed by atoms with Crippen molar-refractivity contribution in [2.45, 2.75) is 24.8 Å². The molecule has 0 radical (unpaired) electrons. The molecule has 1 atom stereocenters. The summed E-state index contributed by atoms with van der Waals surface area (Å²) in [6, 6.07) is 4.84. The number of hydrogen-bond acceptors (Lipinski definition) is 4. The molecule has 0 unspecified atom stereocenters. The summed E-state index contributed by atoms with van der Waals surface area (Å²) in [5, 5.41) is 8.42. The second-order valence-corrected chi connectivity index (χ2v) is 6.66. The minimum Gasteiger partial charge on any atom is -0.336 e. The fraction of sp³-hybridized carbons (Fsp3) is 0.462. The Bertz CT molecular complexity index is 628. The van der Waals surface area contributed by atoms with Crippen LogP contribution in [0, 0.1) is 6.92 Å². The van der Waals surface area contributed by atoms with Crippen molar-refractivity contribution in [3.05, 3.63) is 29.3 Å². The van der Waals surface area contributed by atoms with E-state index in [1.54, 1.807) is 24.0 Å². The van der Waals surface area contributed by atoms with E-state index in [2.05, 4.69) is 5.32 Å². The summed E-state index contributed by atoms with van der Waals surface area (Å²) in [5.74, 6) is -0.164. The number of carbonyl (C=O) groups excluding carboxylic acids is 1. The van der Waals surface area contributed by atoms with Crippen LogP contribution in [0.15, 0.2) is 23.1 Å². The number of nitrogens with zero attached hydrogens (tertiary/aromatic N) is 1. The number of hydrogen-bond donors (Lipinski definition) is 2. The highest BCUT2D eigenvalue weighted by Gasteiger charge is 2.23. The summed E-state index contributed by atoms with van der Waals surface area (Å²) in [5.41, 5.74) is 0.895. The Morgan fingerprint density at radius 3 is 2.75 bits per heavy atom. The topological polar surface area (TPSA) is 92.5 Å². The number of primary sulfonamides is 1. The monoisotopic (exact) mass is 297 g/mol. The van der Waals surface area contributed by atoms with E-state index < -0.39 is 10.0 Å². The van der Waals surface area contributed by atoms with Crippen molar-refractivity contribution in [3.8, 4) is 0 Å². The first-order valence-corrected chi connectivity index (χ1v) is 8.00. The molecule has 1 aromatic rings. The molecule has 1 fully saturated rings. The van der Waals surface area contributed by atoms with Crippen molar-refractivity contribution >= 4 is 15.9 Å². The van der Waals surface area contributed by atoms with Crippen LogP contribution in [0.3, 0.4) is 0 Å². The first kappa shape index (κ1) is 15.0. The Balaban J connectivity index is 2.31. The van der Waals surface area contributed by atoms with Crippen molar-refractivity contribution < 1.29 is 13.2 Å². The molecule has 2 rings (SSSR count). The van der Waals surface area contributed by atoms with Gasteiger partial charge in [-0.05, 0) is 31.5 Å². The lowest BCUT2D eigenvalue weighted by molar-refractivity contribution is 0.0709. The highest BCUT2D eigenvalue weighted by molar-refractivity contribution is 7.89. The quantitative estimate of drug-likeness (QED) is 0.808. The molecule has 0 aliphatic carbocycles. The van der Waals surface area contributed by atoms with Crippen LogP contribution in [0.1, 0.15) is 22.8 Å². The van der Waals surface area contributed by atoms with E-state index in [9.17, 15) is 13.2 Å². The Labute approximate surface area is 119 Å². The molecule has 7 heteroatoms. The molecule has 1 aliphatic heterocycles. The summed E-state index contributed by atoms with van der Waals surface area (Å²) in [7, 11) is -3.81. The number of amides is 1. The molecule has 1 saturated heterocycles. The number of nitrogens with two attached hydrogens (primary N) is 1. The molecular weight excluding hydrogens is 278 g/mol. The molecule has 0 saturated carbocycles. The van der Waals surface area contributed by atoms with Crippen LogP contribution < -0.4 is 10.5 Å². The molecule has 1 amide bonds. The minimum absolute atomic E-state index is 0.00605. The van der Waals surface area contributed by atoms with Gasteiger partial charge in [0, 0.05) is 31.2 Å². The van der Waals surface area contributed by atoms with E-state index in [-0.39, 0.29) is 16.8 Å². The Morgan fingerprint density at radius 2 is 2.15 bits per heavy atom. The van der Waals surface area contributed by atoms with Gasteiger partial charge in [-0.15, -0.1) is 0 Å². The number of sulfonamides is 1. The number of nitrogens with one attached hydrogen (secondary N) is 1. The second kappa shape index (κ2) is 5.51. The zero-order valence-electron chi connectivity index (χ0n) is 11.6. The molecule has 1 aliphatic rings. The van der Waals surface area contributed by atoms with Crippen molar-refractivity contribution in [2.24, 2.45) is 5.14 Å². The third-order valence-electron chi connectivity index (χ3n) is 3.40. The molecule has 3 N–H and O–H groups in total. The number of carbonyl (C=O) groups is 1. The molecular formula is C13H19N3O3S. The molecule has 0 bridgehead atoms. The maximum absolute atomic E-state index is 12.4. The van der Waals surface area contributed by atoms with Gasteiger partial charge in [0.1, 0.15) is 0 Å². The Kier molecular flexibility index (Phi) is 4.12. The second-order valence-electron chi connectivity index (χ2n) is 5.13.